The largest absolute Gasteiger partial charge is 0.493 e. The standard InChI is InChI=1S/C25H28N4O6/c1-34-21-14-16(6-11-20(21)35-19-4-2-3-5-19)24(32)28-18-9-7-17(8-10-18)27-22(30)12-13-29-23(31)15-26-25(29)33/h6-11,14,19H,2-5,12-13,15H2,1H3,(H,26,33)(H,27,30)(H,28,32). The second-order valence-corrected chi connectivity index (χ2v) is 8.42. The summed E-state index contributed by atoms with van der Waals surface area (Å²) in [5.74, 6) is 0.153. The molecule has 1 aliphatic heterocycles. The Balaban J connectivity index is 1.30. The van der Waals surface area contributed by atoms with Gasteiger partial charge in [-0.1, -0.05) is 0 Å². The Morgan fingerprint density at radius 3 is 2.31 bits per heavy atom. The second-order valence-electron chi connectivity index (χ2n) is 8.42. The minimum absolute atomic E-state index is 0.0125. The Morgan fingerprint density at radius 1 is 1.00 bits per heavy atom. The summed E-state index contributed by atoms with van der Waals surface area (Å²) in [5.41, 5.74) is 1.51. The number of hydrogen-bond acceptors (Lipinski definition) is 6. The molecule has 184 valence electrons. The molecule has 1 saturated heterocycles. The summed E-state index contributed by atoms with van der Waals surface area (Å²) in [4.78, 5) is 49.0. The van der Waals surface area contributed by atoms with Gasteiger partial charge in [0, 0.05) is 29.9 Å². The number of nitrogens with one attached hydrogen (secondary N) is 3. The molecule has 2 aromatic carbocycles. The summed E-state index contributed by atoms with van der Waals surface area (Å²) < 4.78 is 11.4. The van der Waals surface area contributed by atoms with Crippen LogP contribution in [0, 0.1) is 0 Å². The lowest BCUT2D eigenvalue weighted by Gasteiger charge is -2.16. The molecule has 10 heteroatoms. The Bertz CT molecular complexity index is 1100. The van der Waals surface area contributed by atoms with E-state index in [-0.39, 0.29) is 43.3 Å². The number of urea groups is 1. The fraction of sp³-hybridized carbons (Fsp3) is 0.360. The SMILES string of the molecule is COc1cc(C(=O)Nc2ccc(NC(=O)CCN3C(=O)CNC3=O)cc2)ccc1OC1CCCC1. The maximum Gasteiger partial charge on any atom is 0.324 e. The van der Waals surface area contributed by atoms with E-state index in [2.05, 4.69) is 16.0 Å². The molecule has 0 aromatic heterocycles. The number of imide groups is 1. The van der Waals surface area contributed by atoms with Gasteiger partial charge in [0.2, 0.25) is 11.8 Å². The van der Waals surface area contributed by atoms with Crippen LogP contribution in [0.4, 0.5) is 16.2 Å². The highest BCUT2D eigenvalue weighted by molar-refractivity contribution is 6.05. The van der Waals surface area contributed by atoms with Gasteiger partial charge < -0.3 is 25.4 Å². The number of anilines is 2. The highest BCUT2D eigenvalue weighted by Gasteiger charge is 2.28. The predicted octanol–water partition coefficient (Wildman–Crippen LogP) is 3.15. The highest BCUT2D eigenvalue weighted by atomic mass is 16.5. The molecule has 1 heterocycles. The first kappa shape index (κ1) is 24.1. The van der Waals surface area contributed by atoms with Crippen LogP contribution in [0.1, 0.15) is 42.5 Å². The number of carbonyl (C=O) groups is 4. The van der Waals surface area contributed by atoms with Crippen LogP contribution >= 0.6 is 0 Å². The lowest BCUT2D eigenvalue weighted by Crippen LogP contribution is -2.33. The molecule has 2 fully saturated rings. The number of rotatable bonds is 9. The van der Waals surface area contributed by atoms with Gasteiger partial charge in [-0.05, 0) is 68.1 Å². The van der Waals surface area contributed by atoms with Gasteiger partial charge in [0.1, 0.15) is 0 Å². The summed E-state index contributed by atoms with van der Waals surface area (Å²) in [7, 11) is 1.54. The quantitative estimate of drug-likeness (QED) is 0.474. The first-order chi connectivity index (χ1) is 16.9. The molecule has 0 radical (unpaired) electrons. The number of benzene rings is 2. The number of methoxy groups -OCH3 is 1. The minimum Gasteiger partial charge on any atom is -0.493 e. The van der Waals surface area contributed by atoms with Crippen LogP contribution in [0.5, 0.6) is 11.5 Å². The number of carbonyl (C=O) groups excluding carboxylic acids is 4. The Kier molecular flexibility index (Phi) is 7.49. The van der Waals surface area contributed by atoms with Crippen molar-refractivity contribution in [3.8, 4) is 11.5 Å². The van der Waals surface area contributed by atoms with E-state index in [0.717, 1.165) is 30.6 Å². The van der Waals surface area contributed by atoms with Gasteiger partial charge in [0.15, 0.2) is 11.5 Å². The molecule has 0 bridgehead atoms. The fourth-order valence-corrected chi connectivity index (χ4v) is 4.05. The lowest BCUT2D eigenvalue weighted by atomic mass is 10.1. The van der Waals surface area contributed by atoms with Crippen LogP contribution < -0.4 is 25.4 Å². The van der Waals surface area contributed by atoms with Crippen molar-refractivity contribution in [2.75, 3.05) is 30.8 Å². The van der Waals surface area contributed by atoms with E-state index >= 15 is 0 Å². The van der Waals surface area contributed by atoms with Gasteiger partial charge in [-0.2, -0.15) is 0 Å². The fourth-order valence-electron chi connectivity index (χ4n) is 4.05. The van der Waals surface area contributed by atoms with Crippen LogP contribution in [0.15, 0.2) is 42.5 Å². The molecule has 5 amide bonds. The van der Waals surface area contributed by atoms with Gasteiger partial charge in [0.25, 0.3) is 5.91 Å². The van der Waals surface area contributed by atoms with Crippen molar-refractivity contribution in [2.24, 2.45) is 0 Å². The van der Waals surface area contributed by atoms with Gasteiger partial charge in [-0.3, -0.25) is 19.3 Å². The summed E-state index contributed by atoms with van der Waals surface area (Å²) in [6, 6.07) is 11.3. The summed E-state index contributed by atoms with van der Waals surface area (Å²) in [5, 5.41) is 7.93. The monoisotopic (exact) mass is 480 g/mol. The van der Waals surface area contributed by atoms with E-state index in [1.807, 2.05) is 0 Å². The van der Waals surface area contributed by atoms with Gasteiger partial charge >= 0.3 is 6.03 Å². The zero-order valence-electron chi connectivity index (χ0n) is 19.5. The third-order valence-electron chi connectivity index (χ3n) is 5.95. The van der Waals surface area contributed by atoms with E-state index in [1.54, 1.807) is 49.6 Å². The summed E-state index contributed by atoms with van der Waals surface area (Å²) in [6.45, 7) is -0.0304. The molecular weight excluding hydrogens is 452 g/mol. The van der Waals surface area contributed by atoms with Crippen molar-refractivity contribution in [2.45, 2.75) is 38.2 Å². The zero-order chi connectivity index (χ0) is 24.8. The van der Waals surface area contributed by atoms with Crippen molar-refractivity contribution in [1.29, 1.82) is 0 Å². The number of ether oxygens (including phenoxy) is 2. The van der Waals surface area contributed by atoms with Crippen molar-refractivity contribution < 1.29 is 28.7 Å². The van der Waals surface area contributed by atoms with Crippen LogP contribution in [-0.2, 0) is 9.59 Å². The zero-order valence-corrected chi connectivity index (χ0v) is 19.5. The lowest BCUT2D eigenvalue weighted by molar-refractivity contribution is -0.125. The molecule has 4 rings (SSSR count). The van der Waals surface area contributed by atoms with Gasteiger partial charge in [-0.15, -0.1) is 0 Å². The van der Waals surface area contributed by atoms with E-state index in [1.165, 1.54) is 0 Å². The first-order valence-corrected chi connectivity index (χ1v) is 11.6. The van der Waals surface area contributed by atoms with Crippen LogP contribution in [0.2, 0.25) is 0 Å². The van der Waals surface area contributed by atoms with Crippen molar-refractivity contribution in [3.63, 3.8) is 0 Å². The summed E-state index contributed by atoms with van der Waals surface area (Å²) >= 11 is 0. The molecule has 0 atom stereocenters. The Labute approximate surface area is 203 Å². The van der Waals surface area contributed by atoms with Crippen molar-refractivity contribution in [3.05, 3.63) is 48.0 Å². The van der Waals surface area contributed by atoms with Crippen LogP contribution in [0.25, 0.3) is 0 Å². The molecule has 10 nitrogen and oxygen atoms in total. The number of hydrogen-bond donors (Lipinski definition) is 3. The third kappa shape index (κ3) is 6.08. The normalized spacial score (nSPS) is 15.6. The maximum absolute atomic E-state index is 12.7. The highest BCUT2D eigenvalue weighted by Crippen LogP contribution is 2.32. The number of nitrogens with zero attached hydrogens (tertiary/aromatic N) is 1. The van der Waals surface area contributed by atoms with Crippen molar-refractivity contribution >= 4 is 35.1 Å². The van der Waals surface area contributed by atoms with Gasteiger partial charge in [0.05, 0.1) is 19.8 Å². The number of amides is 5. The molecule has 0 unspecified atom stereocenters. The molecular formula is C25H28N4O6. The molecule has 35 heavy (non-hydrogen) atoms. The van der Waals surface area contributed by atoms with E-state index in [0.29, 0.717) is 28.4 Å². The molecule has 1 aliphatic carbocycles. The molecule has 1 saturated carbocycles. The van der Waals surface area contributed by atoms with Gasteiger partial charge in [-0.25, -0.2) is 4.79 Å². The average Bonchev–Trinajstić information content (AvgIpc) is 3.48. The maximum atomic E-state index is 12.7. The molecule has 2 aliphatic rings. The van der Waals surface area contributed by atoms with E-state index in [4.69, 9.17) is 9.47 Å². The van der Waals surface area contributed by atoms with E-state index < -0.39 is 6.03 Å². The van der Waals surface area contributed by atoms with Crippen LogP contribution in [0.3, 0.4) is 0 Å². The van der Waals surface area contributed by atoms with E-state index in [9.17, 15) is 19.2 Å². The third-order valence-corrected chi connectivity index (χ3v) is 5.95. The first-order valence-electron chi connectivity index (χ1n) is 11.6. The average molecular weight is 481 g/mol. The molecule has 3 N–H and O–H groups in total. The topological polar surface area (TPSA) is 126 Å². The predicted molar refractivity (Wildman–Crippen MR) is 129 cm³/mol. The smallest absolute Gasteiger partial charge is 0.324 e. The summed E-state index contributed by atoms with van der Waals surface area (Å²) in [6.07, 6.45) is 4.54. The second kappa shape index (κ2) is 10.9. The van der Waals surface area contributed by atoms with Crippen molar-refractivity contribution in [1.82, 2.24) is 10.2 Å². The molecule has 2 aromatic rings. The molecule has 0 spiro atoms. The Hall–Kier alpha value is -4.08. The van der Waals surface area contributed by atoms with Crippen LogP contribution in [-0.4, -0.2) is 55.0 Å². The minimum atomic E-state index is -0.489. The Morgan fingerprint density at radius 2 is 1.69 bits per heavy atom.